The smallest absolute Gasteiger partial charge is 0.235 e. The minimum atomic E-state index is -0.478. The zero-order chi connectivity index (χ0) is 18.1. The molecular weight excluding hydrogens is 332 g/mol. The van der Waals surface area contributed by atoms with Crippen molar-refractivity contribution in [2.75, 3.05) is 19.5 Å². The summed E-state index contributed by atoms with van der Waals surface area (Å²) in [6.07, 6.45) is 3.46. The van der Waals surface area contributed by atoms with Crippen molar-refractivity contribution in [3.63, 3.8) is 0 Å². The Hall–Kier alpha value is -2.93. The number of amides is 1. The predicted octanol–water partition coefficient (Wildman–Crippen LogP) is 2.55. The van der Waals surface area contributed by atoms with Gasteiger partial charge in [-0.2, -0.15) is 0 Å². The molecule has 7 heteroatoms. The molecule has 0 unspecified atom stereocenters. The van der Waals surface area contributed by atoms with Crippen LogP contribution < -0.4 is 10.1 Å². The number of aromatic nitrogens is 3. The van der Waals surface area contributed by atoms with Crippen LogP contribution in [0.15, 0.2) is 42.6 Å². The van der Waals surface area contributed by atoms with Gasteiger partial charge in [0.15, 0.2) is 11.5 Å². The second kappa shape index (κ2) is 6.42. The summed E-state index contributed by atoms with van der Waals surface area (Å²) < 4.78 is 11.9. The Kier molecular flexibility index (Phi) is 4.08. The van der Waals surface area contributed by atoms with Gasteiger partial charge in [-0.15, -0.1) is 5.10 Å². The zero-order valence-electron chi connectivity index (χ0n) is 14.7. The predicted molar refractivity (Wildman–Crippen MR) is 96.2 cm³/mol. The van der Waals surface area contributed by atoms with E-state index in [0.717, 1.165) is 24.2 Å². The Morgan fingerprint density at radius 1 is 1.23 bits per heavy atom. The van der Waals surface area contributed by atoms with E-state index in [0.29, 0.717) is 23.8 Å². The molecule has 4 rings (SSSR count). The Labute approximate surface area is 151 Å². The summed E-state index contributed by atoms with van der Waals surface area (Å²) in [5, 5.41) is 7.38. The first-order valence-corrected chi connectivity index (χ1v) is 8.45. The van der Waals surface area contributed by atoms with Gasteiger partial charge in [0.05, 0.1) is 18.2 Å². The fourth-order valence-electron chi connectivity index (χ4n) is 3.16. The van der Waals surface area contributed by atoms with Crippen molar-refractivity contribution in [3.05, 3.63) is 54.0 Å². The first-order chi connectivity index (χ1) is 12.7. The van der Waals surface area contributed by atoms with Gasteiger partial charge in [0.1, 0.15) is 12.4 Å². The van der Waals surface area contributed by atoms with Crippen LogP contribution in [0.1, 0.15) is 24.2 Å². The largest absolute Gasteiger partial charge is 0.497 e. The highest BCUT2D eigenvalue weighted by molar-refractivity contribution is 6.03. The monoisotopic (exact) mass is 352 g/mol. The van der Waals surface area contributed by atoms with E-state index in [4.69, 9.17) is 9.47 Å². The molecule has 0 spiro atoms. The minimum absolute atomic E-state index is 0.0212. The van der Waals surface area contributed by atoms with Crippen LogP contribution in [0.3, 0.4) is 0 Å². The second-order valence-corrected chi connectivity index (χ2v) is 6.42. The van der Waals surface area contributed by atoms with E-state index in [1.807, 2.05) is 36.4 Å². The van der Waals surface area contributed by atoms with E-state index in [-0.39, 0.29) is 5.91 Å². The highest BCUT2D eigenvalue weighted by Gasteiger charge is 2.51. The lowest BCUT2D eigenvalue weighted by Gasteiger charge is -2.16. The molecule has 2 heterocycles. The number of anilines is 1. The fourth-order valence-corrected chi connectivity index (χ4v) is 3.16. The van der Waals surface area contributed by atoms with Crippen LogP contribution >= 0.6 is 0 Å². The Morgan fingerprint density at radius 3 is 2.65 bits per heavy atom. The molecule has 1 amide bonds. The average Bonchev–Trinajstić information content (AvgIpc) is 3.37. The molecule has 2 aromatic heterocycles. The van der Waals surface area contributed by atoms with Crippen LogP contribution in [0.5, 0.6) is 5.75 Å². The van der Waals surface area contributed by atoms with Crippen LogP contribution in [-0.4, -0.2) is 34.7 Å². The number of ether oxygens (including phenoxy) is 2. The molecule has 0 atom stereocenters. The summed E-state index contributed by atoms with van der Waals surface area (Å²) in [4.78, 5) is 17.5. The highest BCUT2D eigenvalue weighted by Crippen LogP contribution is 2.49. The number of carbonyl (C=O) groups excluding carboxylic acids is 1. The van der Waals surface area contributed by atoms with Gasteiger partial charge in [0.2, 0.25) is 5.91 Å². The Morgan fingerprint density at radius 2 is 2.00 bits per heavy atom. The zero-order valence-corrected chi connectivity index (χ0v) is 14.7. The number of hydrogen-bond acceptors (Lipinski definition) is 5. The maximum Gasteiger partial charge on any atom is 0.235 e. The SMILES string of the molecule is COCc1nc2c(NC(=O)C3(c4ccc(OC)cc4)CC3)cccn2n1. The lowest BCUT2D eigenvalue weighted by molar-refractivity contribution is -0.118. The van der Waals surface area contributed by atoms with Crippen molar-refractivity contribution in [2.45, 2.75) is 24.9 Å². The lowest BCUT2D eigenvalue weighted by atomic mass is 9.95. The van der Waals surface area contributed by atoms with Crippen LogP contribution in [0.4, 0.5) is 5.69 Å². The third-order valence-electron chi connectivity index (χ3n) is 4.76. The quantitative estimate of drug-likeness (QED) is 0.738. The molecule has 0 saturated heterocycles. The average molecular weight is 352 g/mol. The second-order valence-electron chi connectivity index (χ2n) is 6.42. The van der Waals surface area contributed by atoms with Gasteiger partial charge in [0, 0.05) is 13.3 Å². The van der Waals surface area contributed by atoms with Crippen molar-refractivity contribution >= 4 is 17.2 Å². The number of hydrogen-bond donors (Lipinski definition) is 1. The van der Waals surface area contributed by atoms with Crippen LogP contribution in [0.2, 0.25) is 0 Å². The molecule has 1 fully saturated rings. The molecule has 1 aliphatic rings. The lowest BCUT2D eigenvalue weighted by Crippen LogP contribution is -2.28. The number of carbonyl (C=O) groups is 1. The highest BCUT2D eigenvalue weighted by atomic mass is 16.5. The van der Waals surface area contributed by atoms with Gasteiger partial charge >= 0.3 is 0 Å². The fraction of sp³-hybridized carbons (Fsp3) is 0.316. The van der Waals surface area contributed by atoms with E-state index >= 15 is 0 Å². The van der Waals surface area contributed by atoms with E-state index in [2.05, 4.69) is 15.4 Å². The number of fused-ring (bicyclic) bond motifs is 1. The van der Waals surface area contributed by atoms with Gasteiger partial charge in [-0.25, -0.2) is 9.50 Å². The molecule has 0 radical (unpaired) electrons. The van der Waals surface area contributed by atoms with Crippen molar-refractivity contribution in [1.82, 2.24) is 14.6 Å². The van der Waals surface area contributed by atoms with Crippen LogP contribution in [-0.2, 0) is 21.6 Å². The summed E-state index contributed by atoms with van der Waals surface area (Å²) in [7, 11) is 3.23. The minimum Gasteiger partial charge on any atom is -0.497 e. The molecule has 7 nitrogen and oxygen atoms in total. The summed E-state index contributed by atoms with van der Waals surface area (Å²) in [5.41, 5.74) is 1.78. The third-order valence-corrected chi connectivity index (χ3v) is 4.76. The van der Waals surface area contributed by atoms with Crippen LogP contribution in [0, 0.1) is 0 Å². The molecule has 0 aliphatic heterocycles. The number of benzene rings is 1. The molecule has 134 valence electrons. The van der Waals surface area contributed by atoms with E-state index in [1.54, 1.807) is 24.9 Å². The number of rotatable bonds is 6. The normalized spacial score (nSPS) is 15.0. The van der Waals surface area contributed by atoms with Gasteiger partial charge < -0.3 is 14.8 Å². The molecule has 1 saturated carbocycles. The molecule has 3 aromatic rings. The van der Waals surface area contributed by atoms with E-state index in [1.165, 1.54) is 0 Å². The number of nitrogens with one attached hydrogen (secondary N) is 1. The van der Waals surface area contributed by atoms with Gasteiger partial charge in [-0.1, -0.05) is 12.1 Å². The first-order valence-electron chi connectivity index (χ1n) is 8.45. The van der Waals surface area contributed by atoms with Crippen molar-refractivity contribution in [2.24, 2.45) is 0 Å². The van der Waals surface area contributed by atoms with E-state index < -0.39 is 5.41 Å². The van der Waals surface area contributed by atoms with Crippen molar-refractivity contribution < 1.29 is 14.3 Å². The number of pyridine rings is 1. The Bertz CT molecular complexity index is 945. The van der Waals surface area contributed by atoms with Gasteiger partial charge in [-0.05, 0) is 42.7 Å². The number of nitrogens with zero attached hydrogens (tertiary/aromatic N) is 3. The maximum atomic E-state index is 13.0. The van der Waals surface area contributed by atoms with E-state index in [9.17, 15) is 4.79 Å². The molecule has 26 heavy (non-hydrogen) atoms. The topological polar surface area (TPSA) is 77.8 Å². The summed E-state index contributed by atoms with van der Waals surface area (Å²) in [5.74, 6) is 1.33. The van der Waals surface area contributed by atoms with Gasteiger partial charge in [0.25, 0.3) is 0 Å². The molecule has 0 bridgehead atoms. The van der Waals surface area contributed by atoms with Crippen LogP contribution in [0.25, 0.3) is 5.65 Å². The standard InChI is InChI=1S/C19H20N4O3/c1-25-12-16-21-17-15(4-3-11-23(17)22-16)20-18(24)19(9-10-19)13-5-7-14(26-2)8-6-13/h3-8,11H,9-10,12H2,1-2H3,(H,20,24). The number of methoxy groups -OCH3 is 2. The molecule has 1 N–H and O–H groups in total. The summed E-state index contributed by atoms with van der Waals surface area (Å²) in [6, 6.07) is 11.4. The van der Waals surface area contributed by atoms with Crippen molar-refractivity contribution in [1.29, 1.82) is 0 Å². The summed E-state index contributed by atoms with van der Waals surface area (Å²) in [6.45, 7) is 0.324. The Balaban J connectivity index is 1.60. The summed E-state index contributed by atoms with van der Waals surface area (Å²) >= 11 is 0. The molecular formula is C19H20N4O3. The molecule has 1 aromatic carbocycles. The maximum absolute atomic E-state index is 13.0. The van der Waals surface area contributed by atoms with Crippen molar-refractivity contribution in [3.8, 4) is 5.75 Å². The van der Waals surface area contributed by atoms with Gasteiger partial charge in [-0.3, -0.25) is 4.79 Å². The third kappa shape index (κ3) is 2.80. The first kappa shape index (κ1) is 16.5. The molecule has 1 aliphatic carbocycles.